The number of nitrogens with one attached hydrogen (secondary N) is 2. The van der Waals surface area contributed by atoms with E-state index >= 15 is 0 Å². The number of rotatable bonds is 3. The van der Waals surface area contributed by atoms with E-state index in [-0.39, 0.29) is 17.7 Å². The molecule has 86 valence electrons. The Kier molecular flexibility index (Phi) is 2.96. The highest BCUT2D eigenvalue weighted by atomic mass is 16.5. The van der Waals surface area contributed by atoms with Crippen LogP contribution in [0.2, 0.25) is 0 Å². The molecule has 1 aliphatic rings. The minimum atomic E-state index is -0.176. The lowest BCUT2D eigenvalue weighted by Crippen LogP contribution is -2.56. The van der Waals surface area contributed by atoms with Crippen LogP contribution in [0.4, 0.5) is 0 Å². The van der Waals surface area contributed by atoms with Gasteiger partial charge in [0.25, 0.3) is 5.91 Å². The van der Waals surface area contributed by atoms with Crippen LogP contribution in [-0.4, -0.2) is 37.3 Å². The second kappa shape index (κ2) is 4.40. The fraction of sp³-hybridized carbons (Fsp3) is 0.364. The Morgan fingerprint density at radius 3 is 2.81 bits per heavy atom. The standard InChI is InChI=1S/C11H14N2O3/c1-16-10-3-2-7(4-9(10)14)11(15)13-8-5-12-6-8/h2-4,8,12,14H,5-6H2,1H3,(H,13,15). The zero-order chi connectivity index (χ0) is 11.5. The first kappa shape index (κ1) is 10.8. The molecule has 1 amide bonds. The van der Waals surface area contributed by atoms with Crippen molar-refractivity contribution in [2.75, 3.05) is 20.2 Å². The van der Waals surface area contributed by atoms with Gasteiger partial charge >= 0.3 is 0 Å². The maximum Gasteiger partial charge on any atom is 0.251 e. The third-order valence-corrected chi connectivity index (χ3v) is 2.56. The lowest BCUT2D eigenvalue weighted by atomic mass is 10.1. The van der Waals surface area contributed by atoms with Gasteiger partial charge in [-0.2, -0.15) is 0 Å². The Hall–Kier alpha value is -1.75. The highest BCUT2D eigenvalue weighted by Gasteiger charge is 2.19. The van der Waals surface area contributed by atoms with Gasteiger partial charge in [-0.05, 0) is 18.2 Å². The molecule has 1 aromatic carbocycles. The number of phenols is 1. The van der Waals surface area contributed by atoms with Crippen molar-refractivity contribution in [2.45, 2.75) is 6.04 Å². The van der Waals surface area contributed by atoms with E-state index < -0.39 is 0 Å². The van der Waals surface area contributed by atoms with Crippen LogP contribution in [0.25, 0.3) is 0 Å². The van der Waals surface area contributed by atoms with Crippen LogP contribution >= 0.6 is 0 Å². The Labute approximate surface area is 93.4 Å². The summed E-state index contributed by atoms with van der Waals surface area (Å²) in [6.45, 7) is 1.60. The van der Waals surface area contributed by atoms with Crippen molar-refractivity contribution in [3.63, 3.8) is 0 Å². The second-order valence-electron chi connectivity index (χ2n) is 3.72. The van der Waals surface area contributed by atoms with Crippen molar-refractivity contribution < 1.29 is 14.6 Å². The van der Waals surface area contributed by atoms with Gasteiger partial charge in [-0.25, -0.2) is 0 Å². The van der Waals surface area contributed by atoms with Crippen LogP contribution in [0.1, 0.15) is 10.4 Å². The molecule has 1 heterocycles. The molecule has 0 unspecified atom stereocenters. The Morgan fingerprint density at radius 2 is 2.31 bits per heavy atom. The molecule has 0 bridgehead atoms. The van der Waals surface area contributed by atoms with Gasteiger partial charge in [0, 0.05) is 18.7 Å². The molecule has 0 spiro atoms. The quantitative estimate of drug-likeness (QED) is 0.678. The van der Waals surface area contributed by atoms with Crippen LogP contribution < -0.4 is 15.4 Å². The van der Waals surface area contributed by atoms with Crippen LogP contribution in [0.3, 0.4) is 0 Å². The summed E-state index contributed by atoms with van der Waals surface area (Å²) in [5.74, 6) is 0.160. The van der Waals surface area contributed by atoms with Gasteiger partial charge in [-0.1, -0.05) is 0 Å². The van der Waals surface area contributed by atoms with Gasteiger partial charge < -0.3 is 20.5 Å². The predicted octanol–water partition coefficient (Wildman–Crippen LogP) is 0.102. The largest absolute Gasteiger partial charge is 0.504 e. The van der Waals surface area contributed by atoms with E-state index in [2.05, 4.69) is 10.6 Å². The molecule has 3 N–H and O–H groups in total. The molecule has 0 saturated carbocycles. The molecule has 5 heteroatoms. The molecule has 0 radical (unpaired) electrons. The van der Waals surface area contributed by atoms with Crippen LogP contribution in [0.5, 0.6) is 11.5 Å². The van der Waals surface area contributed by atoms with Gasteiger partial charge in [0.15, 0.2) is 11.5 Å². The molecule has 0 aliphatic carbocycles. The normalized spacial score (nSPS) is 15.3. The third kappa shape index (κ3) is 2.09. The summed E-state index contributed by atoms with van der Waals surface area (Å²) in [6.07, 6.45) is 0. The van der Waals surface area contributed by atoms with Gasteiger partial charge in [-0.15, -0.1) is 0 Å². The van der Waals surface area contributed by atoms with Gasteiger partial charge in [0.05, 0.1) is 13.2 Å². The highest BCUT2D eigenvalue weighted by Crippen LogP contribution is 2.26. The van der Waals surface area contributed by atoms with Gasteiger partial charge in [0.1, 0.15) is 0 Å². The fourth-order valence-corrected chi connectivity index (χ4v) is 1.49. The zero-order valence-electron chi connectivity index (χ0n) is 8.99. The predicted molar refractivity (Wildman–Crippen MR) is 58.8 cm³/mol. The van der Waals surface area contributed by atoms with Crippen molar-refractivity contribution in [3.8, 4) is 11.5 Å². The summed E-state index contributed by atoms with van der Waals surface area (Å²) in [5, 5.41) is 15.4. The van der Waals surface area contributed by atoms with Gasteiger partial charge in [0.2, 0.25) is 0 Å². The number of ether oxygens (including phenoxy) is 1. The number of hydrogen-bond donors (Lipinski definition) is 3. The number of methoxy groups -OCH3 is 1. The van der Waals surface area contributed by atoms with Crippen molar-refractivity contribution in [3.05, 3.63) is 23.8 Å². The first-order valence-electron chi connectivity index (χ1n) is 5.09. The molecule has 1 aromatic rings. The summed E-state index contributed by atoms with van der Waals surface area (Å²) in [5.41, 5.74) is 0.435. The van der Waals surface area contributed by atoms with Crippen LogP contribution in [0, 0.1) is 0 Å². The Bertz CT molecular complexity index is 402. The van der Waals surface area contributed by atoms with E-state index in [9.17, 15) is 9.90 Å². The molecule has 1 fully saturated rings. The first-order valence-corrected chi connectivity index (χ1v) is 5.09. The van der Waals surface area contributed by atoms with Crippen molar-refractivity contribution >= 4 is 5.91 Å². The summed E-state index contributed by atoms with van der Waals surface area (Å²) in [6, 6.07) is 4.79. The van der Waals surface area contributed by atoms with E-state index in [0.29, 0.717) is 11.3 Å². The number of benzene rings is 1. The van der Waals surface area contributed by atoms with E-state index in [1.807, 2.05) is 0 Å². The first-order chi connectivity index (χ1) is 7.70. The molecule has 1 saturated heterocycles. The zero-order valence-corrected chi connectivity index (χ0v) is 8.99. The average Bonchev–Trinajstić information content (AvgIpc) is 2.23. The number of aromatic hydroxyl groups is 1. The summed E-state index contributed by atoms with van der Waals surface area (Å²) in [7, 11) is 1.47. The second-order valence-corrected chi connectivity index (χ2v) is 3.72. The van der Waals surface area contributed by atoms with E-state index in [0.717, 1.165) is 13.1 Å². The van der Waals surface area contributed by atoms with Crippen molar-refractivity contribution in [1.82, 2.24) is 10.6 Å². The maximum absolute atomic E-state index is 11.7. The average molecular weight is 222 g/mol. The van der Waals surface area contributed by atoms with E-state index in [1.54, 1.807) is 12.1 Å². The Balaban J connectivity index is 2.07. The van der Waals surface area contributed by atoms with Gasteiger partial charge in [-0.3, -0.25) is 4.79 Å². The molecule has 2 rings (SSSR count). The summed E-state index contributed by atoms with van der Waals surface area (Å²) >= 11 is 0. The lowest BCUT2D eigenvalue weighted by molar-refractivity contribution is 0.0923. The summed E-state index contributed by atoms with van der Waals surface area (Å²) < 4.78 is 4.90. The number of carbonyl (C=O) groups is 1. The smallest absolute Gasteiger partial charge is 0.251 e. The van der Waals surface area contributed by atoms with Crippen molar-refractivity contribution in [1.29, 1.82) is 0 Å². The number of carbonyl (C=O) groups excluding carboxylic acids is 1. The minimum absolute atomic E-state index is 0.0260. The molecular formula is C11H14N2O3. The summed E-state index contributed by atoms with van der Waals surface area (Å²) in [4.78, 5) is 11.7. The fourth-order valence-electron chi connectivity index (χ4n) is 1.49. The maximum atomic E-state index is 11.7. The monoisotopic (exact) mass is 222 g/mol. The van der Waals surface area contributed by atoms with E-state index in [4.69, 9.17) is 4.74 Å². The topological polar surface area (TPSA) is 70.6 Å². The minimum Gasteiger partial charge on any atom is -0.504 e. The molecule has 1 aliphatic heterocycles. The molecule has 16 heavy (non-hydrogen) atoms. The van der Waals surface area contributed by atoms with E-state index in [1.165, 1.54) is 13.2 Å². The highest BCUT2D eigenvalue weighted by molar-refractivity contribution is 5.95. The van der Waals surface area contributed by atoms with Crippen molar-refractivity contribution in [2.24, 2.45) is 0 Å². The molecular weight excluding hydrogens is 208 g/mol. The SMILES string of the molecule is COc1ccc(C(=O)NC2CNC2)cc1O. The lowest BCUT2D eigenvalue weighted by Gasteiger charge is -2.27. The number of phenolic OH excluding ortho intramolecular Hbond substituents is 1. The van der Waals surface area contributed by atoms with Crippen LogP contribution in [-0.2, 0) is 0 Å². The number of hydrogen-bond acceptors (Lipinski definition) is 4. The molecule has 0 atom stereocenters. The third-order valence-electron chi connectivity index (χ3n) is 2.56. The van der Waals surface area contributed by atoms with Crippen LogP contribution in [0.15, 0.2) is 18.2 Å². The number of amides is 1. The molecule has 0 aromatic heterocycles. The molecule has 5 nitrogen and oxygen atoms in total. The Morgan fingerprint density at radius 1 is 1.56 bits per heavy atom.